The Kier molecular flexibility index (Phi) is 8.65. The van der Waals surface area contributed by atoms with Crippen LogP contribution in [0.2, 0.25) is 0 Å². The molecule has 1 aromatic carbocycles. The van der Waals surface area contributed by atoms with Gasteiger partial charge in [-0.05, 0) is 105 Å². The quantitative estimate of drug-likeness (QED) is 0.218. The lowest BCUT2D eigenvalue weighted by atomic mass is 9.60. The van der Waals surface area contributed by atoms with E-state index in [-0.39, 0.29) is 5.56 Å². The van der Waals surface area contributed by atoms with Gasteiger partial charge in [-0.25, -0.2) is 4.39 Å². The highest BCUT2D eigenvalue weighted by Gasteiger charge is 2.39. The number of alkyl halides is 3. The molecule has 0 heterocycles. The Labute approximate surface area is 203 Å². The van der Waals surface area contributed by atoms with E-state index in [1.54, 1.807) is 6.07 Å². The van der Waals surface area contributed by atoms with Crippen LogP contribution < -0.4 is 0 Å². The third-order valence-corrected chi connectivity index (χ3v) is 9.23. The standard InChI is InChI=1S/C30H40F4/c1-2-3-4-5-21-6-8-22(9-7-21)24-12-13-26-19-27(15-14-25(26)18-24)28-11-10-23(29(31)20-28)16-17-30(32,33)34/h10-11,20-22,24-27H,2-9,12-15,18-19H2,1H3. The molecule has 0 aromatic heterocycles. The lowest BCUT2D eigenvalue weighted by Crippen LogP contribution is -2.34. The molecule has 3 aliphatic carbocycles. The number of hydrogen-bond acceptors (Lipinski definition) is 0. The summed E-state index contributed by atoms with van der Waals surface area (Å²) in [4.78, 5) is 0. The Balaban J connectivity index is 1.27. The van der Waals surface area contributed by atoms with Crippen LogP contribution in [0.1, 0.15) is 114 Å². The van der Waals surface area contributed by atoms with Crippen LogP contribution in [-0.4, -0.2) is 6.18 Å². The molecule has 4 atom stereocenters. The van der Waals surface area contributed by atoms with Crippen molar-refractivity contribution < 1.29 is 17.6 Å². The molecule has 0 nitrogen and oxygen atoms in total. The Morgan fingerprint density at radius 2 is 1.47 bits per heavy atom. The van der Waals surface area contributed by atoms with E-state index in [9.17, 15) is 17.6 Å². The van der Waals surface area contributed by atoms with Gasteiger partial charge in [0.1, 0.15) is 5.82 Å². The van der Waals surface area contributed by atoms with Gasteiger partial charge >= 0.3 is 6.18 Å². The van der Waals surface area contributed by atoms with Crippen LogP contribution in [0.25, 0.3) is 0 Å². The Hall–Kier alpha value is -1.50. The average molecular weight is 477 g/mol. The second kappa shape index (κ2) is 11.5. The maximum absolute atomic E-state index is 14.4. The van der Waals surface area contributed by atoms with Crippen molar-refractivity contribution in [1.82, 2.24) is 0 Å². The highest BCUT2D eigenvalue weighted by molar-refractivity contribution is 5.39. The lowest BCUT2D eigenvalue weighted by Gasteiger charge is -2.45. The van der Waals surface area contributed by atoms with Gasteiger partial charge in [-0.15, -0.1) is 0 Å². The van der Waals surface area contributed by atoms with Gasteiger partial charge in [-0.2, -0.15) is 13.2 Å². The van der Waals surface area contributed by atoms with E-state index in [1.807, 2.05) is 5.92 Å². The number of rotatable bonds is 6. The molecule has 0 aliphatic heterocycles. The zero-order valence-corrected chi connectivity index (χ0v) is 20.6. The second-order valence-electron chi connectivity index (χ2n) is 11.4. The molecule has 188 valence electrons. The molecule has 34 heavy (non-hydrogen) atoms. The summed E-state index contributed by atoms with van der Waals surface area (Å²) >= 11 is 0. The summed E-state index contributed by atoms with van der Waals surface area (Å²) in [6, 6.07) is 4.64. The second-order valence-corrected chi connectivity index (χ2v) is 11.4. The van der Waals surface area contributed by atoms with Crippen LogP contribution >= 0.6 is 0 Å². The number of benzene rings is 1. The molecule has 0 spiro atoms. The largest absolute Gasteiger partial charge is 0.458 e. The van der Waals surface area contributed by atoms with Crippen molar-refractivity contribution in [2.75, 3.05) is 0 Å². The van der Waals surface area contributed by atoms with E-state index < -0.39 is 12.0 Å². The highest BCUT2D eigenvalue weighted by Crippen LogP contribution is 2.51. The predicted molar refractivity (Wildman–Crippen MR) is 130 cm³/mol. The fraction of sp³-hybridized carbons (Fsp3) is 0.733. The van der Waals surface area contributed by atoms with Crippen LogP contribution in [0.3, 0.4) is 0 Å². The zero-order chi connectivity index (χ0) is 24.1. The van der Waals surface area contributed by atoms with E-state index in [0.29, 0.717) is 11.8 Å². The molecule has 1 aromatic rings. The van der Waals surface area contributed by atoms with E-state index >= 15 is 0 Å². The molecule has 0 radical (unpaired) electrons. The number of halogens is 4. The lowest BCUT2D eigenvalue weighted by molar-refractivity contribution is -0.0696. The normalized spacial score (nSPS) is 31.9. The molecule has 3 fully saturated rings. The van der Waals surface area contributed by atoms with Crippen molar-refractivity contribution >= 4 is 0 Å². The van der Waals surface area contributed by atoms with Crippen molar-refractivity contribution in [3.63, 3.8) is 0 Å². The molecule has 4 unspecified atom stereocenters. The molecule has 0 saturated heterocycles. The van der Waals surface area contributed by atoms with E-state index in [2.05, 4.69) is 6.92 Å². The van der Waals surface area contributed by atoms with Crippen LogP contribution in [0.15, 0.2) is 18.2 Å². The van der Waals surface area contributed by atoms with Crippen LogP contribution in [0, 0.1) is 47.2 Å². The predicted octanol–water partition coefficient (Wildman–Crippen LogP) is 9.43. The average Bonchev–Trinajstić information content (AvgIpc) is 2.82. The van der Waals surface area contributed by atoms with Crippen LogP contribution in [0.5, 0.6) is 0 Å². The molecule has 0 bridgehead atoms. The molecule has 4 rings (SSSR count). The summed E-state index contributed by atoms with van der Waals surface area (Å²) in [6.07, 6.45) is 14.1. The summed E-state index contributed by atoms with van der Waals surface area (Å²) in [5, 5.41) is 0. The Bertz CT molecular complexity index is 853. The first-order valence-electron chi connectivity index (χ1n) is 13.7. The number of hydrogen-bond donors (Lipinski definition) is 0. The maximum Gasteiger partial charge on any atom is 0.458 e. The van der Waals surface area contributed by atoms with E-state index in [1.165, 1.54) is 95.1 Å². The minimum absolute atomic E-state index is 0.171. The van der Waals surface area contributed by atoms with Gasteiger partial charge in [0.25, 0.3) is 0 Å². The van der Waals surface area contributed by atoms with Crippen molar-refractivity contribution in [2.45, 2.75) is 109 Å². The fourth-order valence-corrected chi connectivity index (χ4v) is 7.31. The van der Waals surface area contributed by atoms with Gasteiger partial charge in [0.15, 0.2) is 0 Å². The summed E-state index contributed by atoms with van der Waals surface area (Å²) in [6.45, 7) is 2.28. The number of unbranched alkanes of at least 4 members (excludes halogenated alkanes) is 2. The first-order chi connectivity index (χ1) is 16.3. The molecule has 0 N–H and O–H groups in total. The van der Waals surface area contributed by atoms with Gasteiger partial charge in [-0.3, -0.25) is 0 Å². The summed E-state index contributed by atoms with van der Waals surface area (Å²) in [5.41, 5.74) is 0.757. The summed E-state index contributed by atoms with van der Waals surface area (Å²) < 4.78 is 51.4. The first kappa shape index (κ1) is 25.6. The molecule has 3 aliphatic rings. The summed E-state index contributed by atoms with van der Waals surface area (Å²) in [7, 11) is 0. The van der Waals surface area contributed by atoms with E-state index in [0.717, 1.165) is 42.1 Å². The highest BCUT2D eigenvalue weighted by atomic mass is 19.4. The first-order valence-corrected chi connectivity index (χ1v) is 13.7. The van der Waals surface area contributed by atoms with Gasteiger partial charge in [0, 0.05) is 5.92 Å². The van der Waals surface area contributed by atoms with Crippen molar-refractivity contribution in [3.05, 3.63) is 35.1 Å². The van der Waals surface area contributed by atoms with E-state index in [4.69, 9.17) is 0 Å². The maximum atomic E-state index is 14.4. The fourth-order valence-electron chi connectivity index (χ4n) is 7.31. The minimum Gasteiger partial charge on any atom is -0.206 e. The molecular formula is C30H40F4. The molecule has 4 heteroatoms. The minimum atomic E-state index is -4.60. The SMILES string of the molecule is CCCCCC1CCC(C2CCC3CC(c4ccc(C#CC(F)(F)F)c(F)c4)CCC3C2)CC1. The molecule has 0 amide bonds. The summed E-state index contributed by atoms with van der Waals surface area (Å²) in [5.74, 6) is 7.11. The van der Waals surface area contributed by atoms with Crippen LogP contribution in [0.4, 0.5) is 17.6 Å². The zero-order valence-electron chi connectivity index (χ0n) is 20.6. The van der Waals surface area contributed by atoms with Gasteiger partial charge in [0.2, 0.25) is 0 Å². The monoisotopic (exact) mass is 476 g/mol. The third kappa shape index (κ3) is 6.79. The smallest absolute Gasteiger partial charge is 0.206 e. The van der Waals surface area contributed by atoms with Crippen molar-refractivity contribution in [1.29, 1.82) is 0 Å². The number of fused-ring (bicyclic) bond motifs is 1. The van der Waals surface area contributed by atoms with Crippen LogP contribution in [-0.2, 0) is 0 Å². The Morgan fingerprint density at radius 1 is 0.824 bits per heavy atom. The molecule has 3 saturated carbocycles. The third-order valence-electron chi connectivity index (χ3n) is 9.23. The van der Waals surface area contributed by atoms with Gasteiger partial charge in [-0.1, -0.05) is 57.4 Å². The Morgan fingerprint density at radius 3 is 2.15 bits per heavy atom. The van der Waals surface area contributed by atoms with Gasteiger partial charge < -0.3 is 0 Å². The topological polar surface area (TPSA) is 0 Å². The van der Waals surface area contributed by atoms with Crippen molar-refractivity contribution in [3.8, 4) is 11.8 Å². The van der Waals surface area contributed by atoms with Crippen molar-refractivity contribution in [2.24, 2.45) is 29.6 Å². The van der Waals surface area contributed by atoms with Gasteiger partial charge in [0.05, 0.1) is 5.56 Å². The molecular weight excluding hydrogens is 436 g/mol.